The van der Waals surface area contributed by atoms with Gasteiger partial charge in [0.15, 0.2) is 0 Å². The number of nitrogens with two attached hydrogens (primary N) is 1. The molecule has 0 saturated carbocycles. The molecule has 0 saturated heterocycles. The summed E-state index contributed by atoms with van der Waals surface area (Å²) in [5.41, 5.74) is 5.38. The van der Waals surface area contributed by atoms with E-state index >= 15 is 0 Å². The van der Waals surface area contributed by atoms with Crippen molar-refractivity contribution in [1.82, 2.24) is 4.90 Å². The minimum atomic E-state index is -0.814. The Bertz CT molecular complexity index is 464. The summed E-state index contributed by atoms with van der Waals surface area (Å²) in [4.78, 5) is 36.9. The SMILES string of the molecule is C=C(C)C(=O)N(C(=O)OCC)C(CCC)CCC(CCC)OC(N)=O. The zero-order valence-corrected chi connectivity index (χ0v) is 15.9. The maximum Gasteiger partial charge on any atom is 0.417 e. The highest BCUT2D eigenvalue weighted by Crippen LogP contribution is 2.20. The summed E-state index contributed by atoms with van der Waals surface area (Å²) in [5, 5.41) is 0. The fourth-order valence-electron chi connectivity index (χ4n) is 2.66. The molecule has 0 bridgehead atoms. The van der Waals surface area contributed by atoms with Gasteiger partial charge >= 0.3 is 12.2 Å². The molecule has 0 aliphatic rings. The third-order valence-electron chi connectivity index (χ3n) is 3.75. The average Bonchev–Trinajstić information content (AvgIpc) is 2.52. The van der Waals surface area contributed by atoms with Gasteiger partial charge in [-0.15, -0.1) is 0 Å². The second kappa shape index (κ2) is 12.3. The Morgan fingerprint density at radius 3 is 2.08 bits per heavy atom. The number of carbonyl (C=O) groups excluding carboxylic acids is 3. The molecule has 2 atom stereocenters. The lowest BCUT2D eigenvalue weighted by Gasteiger charge is -2.30. The van der Waals surface area contributed by atoms with Crippen LogP contribution in [0.3, 0.4) is 0 Å². The van der Waals surface area contributed by atoms with Gasteiger partial charge in [0.2, 0.25) is 0 Å². The van der Waals surface area contributed by atoms with Gasteiger partial charge in [-0.3, -0.25) is 4.79 Å². The Hall–Kier alpha value is -2.05. The largest absolute Gasteiger partial charge is 0.449 e. The Morgan fingerprint density at radius 2 is 1.64 bits per heavy atom. The third kappa shape index (κ3) is 8.56. The Kier molecular flexibility index (Phi) is 11.3. The Labute approximate surface area is 150 Å². The van der Waals surface area contributed by atoms with Crippen molar-refractivity contribution in [2.24, 2.45) is 5.73 Å². The van der Waals surface area contributed by atoms with Gasteiger partial charge in [0, 0.05) is 11.6 Å². The van der Waals surface area contributed by atoms with Crippen LogP contribution in [0.25, 0.3) is 0 Å². The van der Waals surface area contributed by atoms with Crippen molar-refractivity contribution in [3.05, 3.63) is 12.2 Å². The van der Waals surface area contributed by atoms with Crippen molar-refractivity contribution in [3.8, 4) is 0 Å². The quantitative estimate of drug-likeness (QED) is 0.568. The van der Waals surface area contributed by atoms with E-state index in [2.05, 4.69) is 6.58 Å². The van der Waals surface area contributed by atoms with Crippen LogP contribution in [0.15, 0.2) is 12.2 Å². The van der Waals surface area contributed by atoms with Gasteiger partial charge in [0.25, 0.3) is 5.91 Å². The molecule has 7 nitrogen and oxygen atoms in total. The molecule has 25 heavy (non-hydrogen) atoms. The van der Waals surface area contributed by atoms with Crippen LogP contribution >= 0.6 is 0 Å². The Balaban J connectivity index is 5.26. The maximum atomic E-state index is 12.4. The van der Waals surface area contributed by atoms with Gasteiger partial charge in [-0.25, -0.2) is 14.5 Å². The summed E-state index contributed by atoms with van der Waals surface area (Å²) in [6.07, 6.45) is 2.14. The van der Waals surface area contributed by atoms with Crippen LogP contribution in [0.5, 0.6) is 0 Å². The molecule has 0 aliphatic carbocycles. The first-order valence-corrected chi connectivity index (χ1v) is 8.90. The lowest BCUT2D eigenvalue weighted by atomic mass is 9.99. The molecule has 0 radical (unpaired) electrons. The summed E-state index contributed by atoms with van der Waals surface area (Å²) in [7, 11) is 0. The van der Waals surface area contributed by atoms with Crippen LogP contribution in [0, 0.1) is 0 Å². The van der Waals surface area contributed by atoms with Gasteiger partial charge in [-0.05, 0) is 39.5 Å². The van der Waals surface area contributed by atoms with Gasteiger partial charge in [-0.2, -0.15) is 0 Å². The summed E-state index contributed by atoms with van der Waals surface area (Å²) in [6.45, 7) is 11.0. The highest BCUT2D eigenvalue weighted by Gasteiger charge is 2.31. The standard InChI is InChI=1S/C18H32N2O5/c1-6-9-14(11-12-15(10-7-2)25-17(19)22)20(16(21)13(4)5)18(23)24-8-3/h14-15H,4,6-12H2,1-3,5H3,(H2,19,22). The number of hydrogen-bond donors (Lipinski definition) is 1. The van der Waals surface area contributed by atoms with Gasteiger partial charge in [0.05, 0.1) is 6.61 Å². The zero-order chi connectivity index (χ0) is 19.4. The topological polar surface area (TPSA) is 98.9 Å². The van der Waals surface area contributed by atoms with Gasteiger partial charge in [-0.1, -0.05) is 33.3 Å². The molecule has 0 aromatic carbocycles. The van der Waals surface area contributed by atoms with Crippen molar-refractivity contribution < 1.29 is 23.9 Å². The molecule has 0 heterocycles. The molecule has 144 valence electrons. The molecule has 3 amide bonds. The number of carbonyl (C=O) groups is 3. The number of hydrogen-bond acceptors (Lipinski definition) is 5. The van der Waals surface area contributed by atoms with E-state index in [-0.39, 0.29) is 24.3 Å². The maximum absolute atomic E-state index is 12.4. The third-order valence-corrected chi connectivity index (χ3v) is 3.75. The molecule has 0 fully saturated rings. The van der Waals surface area contributed by atoms with Crippen LogP contribution < -0.4 is 5.73 Å². The second-order valence-corrected chi connectivity index (χ2v) is 6.02. The number of ether oxygens (including phenoxy) is 2. The first-order chi connectivity index (χ1) is 11.8. The second-order valence-electron chi connectivity index (χ2n) is 6.02. The summed E-state index contributed by atoms with van der Waals surface area (Å²) < 4.78 is 10.2. The van der Waals surface area contributed by atoms with E-state index in [9.17, 15) is 14.4 Å². The van der Waals surface area contributed by atoms with Crippen LogP contribution in [-0.4, -0.2) is 41.7 Å². The van der Waals surface area contributed by atoms with Crippen LogP contribution in [0.1, 0.15) is 66.2 Å². The summed E-state index contributed by atoms with van der Waals surface area (Å²) in [6, 6.07) is -0.343. The van der Waals surface area contributed by atoms with Crippen molar-refractivity contribution in [2.75, 3.05) is 6.61 Å². The number of primary amides is 1. The Morgan fingerprint density at radius 1 is 1.04 bits per heavy atom. The number of rotatable bonds is 11. The predicted octanol–water partition coefficient (Wildman–Crippen LogP) is 3.76. The lowest BCUT2D eigenvalue weighted by Crippen LogP contribution is -2.45. The van der Waals surface area contributed by atoms with Gasteiger partial charge in [0.1, 0.15) is 6.10 Å². The van der Waals surface area contributed by atoms with E-state index in [0.29, 0.717) is 25.7 Å². The molecule has 0 spiro atoms. The fraction of sp³-hybridized carbons (Fsp3) is 0.722. The highest BCUT2D eigenvalue weighted by atomic mass is 16.6. The molecule has 0 aromatic rings. The highest BCUT2D eigenvalue weighted by molar-refractivity contribution is 6.01. The first-order valence-electron chi connectivity index (χ1n) is 8.90. The van der Waals surface area contributed by atoms with Crippen LogP contribution in [-0.2, 0) is 14.3 Å². The number of nitrogens with zero attached hydrogens (tertiary/aromatic N) is 1. The predicted molar refractivity (Wildman–Crippen MR) is 96.0 cm³/mol. The first kappa shape index (κ1) is 22.9. The molecular weight excluding hydrogens is 324 g/mol. The van der Waals surface area contributed by atoms with Crippen molar-refractivity contribution in [3.63, 3.8) is 0 Å². The van der Waals surface area contributed by atoms with E-state index in [4.69, 9.17) is 15.2 Å². The molecule has 0 aliphatic heterocycles. The van der Waals surface area contributed by atoms with E-state index in [1.807, 2.05) is 13.8 Å². The monoisotopic (exact) mass is 356 g/mol. The van der Waals surface area contributed by atoms with Crippen molar-refractivity contribution in [1.29, 1.82) is 0 Å². The van der Waals surface area contributed by atoms with Crippen LogP contribution in [0.4, 0.5) is 9.59 Å². The fourth-order valence-corrected chi connectivity index (χ4v) is 2.66. The lowest BCUT2D eigenvalue weighted by molar-refractivity contribution is -0.127. The molecule has 0 rings (SSSR count). The van der Waals surface area contributed by atoms with E-state index in [1.165, 1.54) is 0 Å². The van der Waals surface area contributed by atoms with E-state index in [1.54, 1.807) is 13.8 Å². The normalized spacial score (nSPS) is 12.8. The molecule has 0 aromatic heterocycles. The van der Waals surface area contributed by atoms with E-state index < -0.39 is 18.1 Å². The van der Waals surface area contributed by atoms with Crippen molar-refractivity contribution in [2.45, 2.75) is 78.4 Å². The summed E-state index contributed by atoms with van der Waals surface area (Å²) in [5.74, 6) is -0.445. The molecule has 7 heteroatoms. The number of imide groups is 1. The summed E-state index contributed by atoms with van der Waals surface area (Å²) >= 11 is 0. The minimum absolute atomic E-state index is 0.181. The van der Waals surface area contributed by atoms with Gasteiger partial charge < -0.3 is 15.2 Å². The average molecular weight is 356 g/mol. The number of amides is 3. The minimum Gasteiger partial charge on any atom is -0.449 e. The molecular formula is C18H32N2O5. The molecule has 2 unspecified atom stereocenters. The van der Waals surface area contributed by atoms with Crippen molar-refractivity contribution >= 4 is 18.1 Å². The molecule has 2 N–H and O–H groups in total. The smallest absolute Gasteiger partial charge is 0.417 e. The zero-order valence-electron chi connectivity index (χ0n) is 15.9. The van der Waals surface area contributed by atoms with E-state index in [0.717, 1.165) is 17.7 Å². The van der Waals surface area contributed by atoms with Crippen LogP contribution in [0.2, 0.25) is 0 Å².